The molecule has 20 heavy (non-hydrogen) atoms. The van der Waals surface area contributed by atoms with E-state index in [1.54, 1.807) is 0 Å². The Kier molecular flexibility index (Phi) is 3.62. The molecule has 104 valence electrons. The van der Waals surface area contributed by atoms with Crippen molar-refractivity contribution in [1.82, 2.24) is 9.97 Å². The Morgan fingerprint density at radius 3 is 2.70 bits per heavy atom. The summed E-state index contributed by atoms with van der Waals surface area (Å²) in [4.78, 5) is 10.9. The SMILES string of the molecule is Cc1nc(Cl)cc(N(C)C2CCc3ccccc3C2)n1. The second-order valence-corrected chi connectivity index (χ2v) is 5.76. The second kappa shape index (κ2) is 5.41. The molecule has 1 aromatic heterocycles. The normalized spacial score (nSPS) is 17.6. The molecular formula is C16H18ClN3. The summed E-state index contributed by atoms with van der Waals surface area (Å²) in [6, 6.07) is 11.0. The molecule has 0 radical (unpaired) electrons. The van der Waals surface area contributed by atoms with Crippen LogP contribution in [0.2, 0.25) is 5.15 Å². The van der Waals surface area contributed by atoms with Crippen LogP contribution < -0.4 is 4.90 Å². The summed E-state index contributed by atoms with van der Waals surface area (Å²) < 4.78 is 0. The molecule has 3 rings (SSSR count). The third-order valence-corrected chi connectivity index (χ3v) is 4.22. The predicted molar refractivity (Wildman–Crippen MR) is 82.4 cm³/mol. The molecule has 2 aromatic rings. The van der Waals surface area contributed by atoms with Crippen molar-refractivity contribution in [3.8, 4) is 0 Å². The first-order valence-electron chi connectivity index (χ1n) is 6.94. The van der Waals surface area contributed by atoms with Crippen LogP contribution in [0.25, 0.3) is 0 Å². The molecule has 1 aromatic carbocycles. The third kappa shape index (κ3) is 2.63. The van der Waals surface area contributed by atoms with Gasteiger partial charge < -0.3 is 4.90 Å². The highest BCUT2D eigenvalue weighted by Crippen LogP contribution is 2.27. The predicted octanol–water partition coefficient (Wildman–Crippen LogP) is 3.43. The standard InChI is InChI=1S/C16H18ClN3/c1-11-18-15(17)10-16(19-11)20(2)14-8-7-12-5-3-4-6-13(12)9-14/h3-6,10,14H,7-9H2,1-2H3. The van der Waals surface area contributed by atoms with Crippen molar-refractivity contribution in [2.24, 2.45) is 0 Å². The van der Waals surface area contributed by atoms with Gasteiger partial charge in [-0.2, -0.15) is 0 Å². The smallest absolute Gasteiger partial charge is 0.134 e. The Bertz CT molecular complexity index is 607. The van der Waals surface area contributed by atoms with Gasteiger partial charge in [-0.3, -0.25) is 0 Å². The summed E-state index contributed by atoms with van der Waals surface area (Å²) in [6.45, 7) is 1.87. The summed E-state index contributed by atoms with van der Waals surface area (Å²) in [6.07, 6.45) is 3.34. The number of aromatic nitrogens is 2. The zero-order valence-electron chi connectivity index (χ0n) is 11.8. The van der Waals surface area contributed by atoms with Gasteiger partial charge in [0.05, 0.1) is 0 Å². The van der Waals surface area contributed by atoms with Crippen molar-refractivity contribution in [2.45, 2.75) is 32.2 Å². The van der Waals surface area contributed by atoms with Crippen molar-refractivity contribution in [3.63, 3.8) is 0 Å². The van der Waals surface area contributed by atoms with Crippen LogP contribution in [-0.2, 0) is 12.8 Å². The van der Waals surface area contributed by atoms with Gasteiger partial charge in [-0.15, -0.1) is 0 Å². The van der Waals surface area contributed by atoms with E-state index in [1.165, 1.54) is 11.1 Å². The molecule has 0 spiro atoms. The maximum atomic E-state index is 6.04. The van der Waals surface area contributed by atoms with Gasteiger partial charge in [0.25, 0.3) is 0 Å². The van der Waals surface area contributed by atoms with Gasteiger partial charge in [0, 0.05) is 19.2 Å². The first-order chi connectivity index (χ1) is 9.63. The van der Waals surface area contributed by atoms with E-state index in [-0.39, 0.29) is 0 Å². The summed E-state index contributed by atoms with van der Waals surface area (Å²) in [7, 11) is 2.09. The zero-order chi connectivity index (χ0) is 14.1. The first kappa shape index (κ1) is 13.4. The lowest BCUT2D eigenvalue weighted by Gasteiger charge is -2.33. The number of benzene rings is 1. The molecule has 0 saturated heterocycles. The van der Waals surface area contributed by atoms with Crippen LogP contribution in [0.5, 0.6) is 0 Å². The third-order valence-electron chi connectivity index (χ3n) is 4.02. The van der Waals surface area contributed by atoms with Crippen molar-refractivity contribution in [3.05, 3.63) is 52.4 Å². The van der Waals surface area contributed by atoms with Crippen LogP contribution in [0.15, 0.2) is 30.3 Å². The highest BCUT2D eigenvalue weighted by atomic mass is 35.5. The van der Waals surface area contributed by atoms with E-state index in [0.29, 0.717) is 11.2 Å². The summed E-state index contributed by atoms with van der Waals surface area (Å²) in [5.41, 5.74) is 2.93. The largest absolute Gasteiger partial charge is 0.356 e. The minimum atomic E-state index is 0.468. The van der Waals surface area contributed by atoms with Crippen LogP contribution in [-0.4, -0.2) is 23.1 Å². The van der Waals surface area contributed by atoms with Gasteiger partial charge >= 0.3 is 0 Å². The molecule has 4 heteroatoms. The molecule has 0 saturated carbocycles. The van der Waals surface area contributed by atoms with Gasteiger partial charge in [0.1, 0.15) is 16.8 Å². The van der Waals surface area contributed by atoms with Gasteiger partial charge in [0.2, 0.25) is 0 Å². The summed E-state index contributed by atoms with van der Waals surface area (Å²) >= 11 is 6.04. The maximum Gasteiger partial charge on any atom is 0.134 e. The van der Waals surface area contributed by atoms with E-state index in [0.717, 1.165) is 30.9 Å². The Morgan fingerprint density at radius 2 is 1.95 bits per heavy atom. The lowest BCUT2D eigenvalue weighted by molar-refractivity contribution is 0.544. The molecule has 1 heterocycles. The van der Waals surface area contributed by atoms with E-state index >= 15 is 0 Å². The highest BCUT2D eigenvalue weighted by molar-refractivity contribution is 6.29. The summed E-state index contributed by atoms with van der Waals surface area (Å²) in [5.74, 6) is 1.63. The molecule has 0 fully saturated rings. The lowest BCUT2D eigenvalue weighted by atomic mass is 9.88. The van der Waals surface area contributed by atoms with Crippen molar-refractivity contribution in [1.29, 1.82) is 0 Å². The van der Waals surface area contributed by atoms with Crippen molar-refractivity contribution in [2.75, 3.05) is 11.9 Å². The molecule has 1 aliphatic carbocycles. The molecule has 0 N–H and O–H groups in total. The molecular weight excluding hydrogens is 270 g/mol. The molecule has 3 nitrogen and oxygen atoms in total. The van der Waals surface area contributed by atoms with E-state index in [4.69, 9.17) is 11.6 Å². The number of hydrogen-bond donors (Lipinski definition) is 0. The van der Waals surface area contributed by atoms with Gasteiger partial charge in [0.15, 0.2) is 0 Å². The quantitative estimate of drug-likeness (QED) is 0.793. The number of hydrogen-bond acceptors (Lipinski definition) is 3. The topological polar surface area (TPSA) is 29.0 Å². The molecule has 0 bridgehead atoms. The molecule has 1 aliphatic rings. The first-order valence-corrected chi connectivity index (χ1v) is 7.32. The Morgan fingerprint density at radius 1 is 1.20 bits per heavy atom. The summed E-state index contributed by atoms with van der Waals surface area (Å²) in [5, 5.41) is 0.510. The van der Waals surface area contributed by atoms with Gasteiger partial charge in [-0.1, -0.05) is 35.9 Å². The van der Waals surface area contributed by atoms with Crippen molar-refractivity contribution < 1.29 is 0 Å². The van der Waals surface area contributed by atoms with Crippen LogP contribution in [0.4, 0.5) is 5.82 Å². The number of halogens is 1. The fourth-order valence-corrected chi connectivity index (χ4v) is 3.11. The number of rotatable bonds is 2. The molecule has 1 unspecified atom stereocenters. The molecule has 1 atom stereocenters. The molecule has 0 aliphatic heterocycles. The Hall–Kier alpha value is -1.61. The Labute approximate surface area is 124 Å². The van der Waals surface area contributed by atoms with E-state index in [9.17, 15) is 0 Å². The highest BCUT2D eigenvalue weighted by Gasteiger charge is 2.23. The number of likely N-dealkylation sites (N-methyl/N-ethyl adjacent to an activating group) is 1. The van der Waals surface area contributed by atoms with Crippen LogP contribution in [0.1, 0.15) is 23.4 Å². The van der Waals surface area contributed by atoms with E-state index < -0.39 is 0 Å². The number of aryl methyl sites for hydroxylation is 2. The van der Waals surface area contributed by atoms with E-state index in [1.807, 2.05) is 13.0 Å². The average molecular weight is 288 g/mol. The van der Waals surface area contributed by atoms with Gasteiger partial charge in [-0.05, 0) is 37.3 Å². The number of fused-ring (bicyclic) bond motifs is 1. The van der Waals surface area contributed by atoms with Crippen LogP contribution >= 0.6 is 11.6 Å². The van der Waals surface area contributed by atoms with Gasteiger partial charge in [-0.25, -0.2) is 9.97 Å². The maximum absolute atomic E-state index is 6.04. The van der Waals surface area contributed by atoms with Crippen molar-refractivity contribution >= 4 is 17.4 Å². The number of nitrogens with zero attached hydrogens (tertiary/aromatic N) is 3. The van der Waals surface area contributed by atoms with Crippen LogP contribution in [0, 0.1) is 6.92 Å². The molecule has 0 amide bonds. The lowest BCUT2D eigenvalue weighted by Crippen LogP contribution is -2.37. The zero-order valence-corrected chi connectivity index (χ0v) is 12.6. The fourth-order valence-electron chi connectivity index (χ4n) is 2.89. The van der Waals surface area contributed by atoms with Crippen LogP contribution in [0.3, 0.4) is 0 Å². The second-order valence-electron chi connectivity index (χ2n) is 5.37. The number of anilines is 1. The fraction of sp³-hybridized carbons (Fsp3) is 0.375. The minimum Gasteiger partial charge on any atom is -0.356 e. The average Bonchev–Trinajstić information content (AvgIpc) is 2.45. The monoisotopic (exact) mass is 287 g/mol. The Balaban J connectivity index is 1.83. The minimum absolute atomic E-state index is 0.468. The van der Waals surface area contributed by atoms with E-state index in [2.05, 4.69) is 46.2 Å².